The van der Waals surface area contributed by atoms with Gasteiger partial charge in [-0.15, -0.1) is 0 Å². The van der Waals surface area contributed by atoms with E-state index in [0.29, 0.717) is 11.8 Å². The number of rotatable bonds is 1. The van der Waals surface area contributed by atoms with Crippen molar-refractivity contribution in [2.75, 3.05) is 7.05 Å². The Morgan fingerprint density at radius 1 is 1.03 bits per heavy atom. The second-order valence-corrected chi connectivity index (χ2v) is 9.09. The van der Waals surface area contributed by atoms with E-state index in [1.165, 1.54) is 44.3 Å². The number of allylic oxidation sites excluding steroid dienone is 2. The highest BCUT2D eigenvalue weighted by Crippen LogP contribution is 2.50. The van der Waals surface area contributed by atoms with Gasteiger partial charge in [0.25, 0.3) is 0 Å². The lowest BCUT2D eigenvalue weighted by Crippen LogP contribution is -2.40. The van der Waals surface area contributed by atoms with Crippen LogP contribution in [-0.4, -0.2) is 17.3 Å². The quantitative estimate of drug-likeness (QED) is 0.438. The van der Waals surface area contributed by atoms with Gasteiger partial charge in [0.2, 0.25) is 5.71 Å². The number of ether oxygens (including phenoxy) is 1. The molecule has 3 aliphatic rings. The van der Waals surface area contributed by atoms with Crippen molar-refractivity contribution in [3.05, 3.63) is 94.4 Å². The van der Waals surface area contributed by atoms with E-state index in [1.54, 1.807) is 0 Å². The minimum Gasteiger partial charge on any atom is -0.460 e. The lowest BCUT2D eigenvalue weighted by Gasteiger charge is -2.38. The van der Waals surface area contributed by atoms with Gasteiger partial charge in [0.15, 0.2) is 6.20 Å². The van der Waals surface area contributed by atoms with Gasteiger partial charge in [-0.1, -0.05) is 56.3 Å². The Morgan fingerprint density at radius 2 is 1.87 bits per heavy atom. The largest absolute Gasteiger partial charge is 0.460 e. The van der Waals surface area contributed by atoms with Crippen molar-refractivity contribution < 1.29 is 9.31 Å². The molecule has 2 heterocycles. The number of nitrogens with zero attached hydrogens (tertiary/aromatic N) is 1. The summed E-state index contributed by atoms with van der Waals surface area (Å²) in [5.74, 6) is 3.08. The first kappa shape index (κ1) is 17.7. The molecule has 30 heavy (non-hydrogen) atoms. The van der Waals surface area contributed by atoms with Gasteiger partial charge < -0.3 is 4.74 Å². The maximum Gasteiger partial charge on any atom is 0.204 e. The summed E-state index contributed by atoms with van der Waals surface area (Å²) in [6, 6.07) is 17.6. The molecule has 0 radical (unpaired) electrons. The molecule has 0 aromatic heterocycles. The second-order valence-electron chi connectivity index (χ2n) is 9.09. The van der Waals surface area contributed by atoms with E-state index >= 15 is 0 Å². The van der Waals surface area contributed by atoms with Crippen molar-refractivity contribution in [3.63, 3.8) is 0 Å². The molecule has 6 rings (SSSR count). The summed E-state index contributed by atoms with van der Waals surface area (Å²) in [6.45, 7) is 6.83. The predicted octanol–water partition coefficient (Wildman–Crippen LogP) is 6.38. The molecule has 0 fully saturated rings. The van der Waals surface area contributed by atoms with Crippen molar-refractivity contribution in [2.24, 2.45) is 5.92 Å². The van der Waals surface area contributed by atoms with Gasteiger partial charge in [-0.05, 0) is 64.1 Å². The Bertz CT molecular complexity index is 1320. The molecule has 2 heteroatoms. The number of fused-ring (bicyclic) bond motifs is 5. The summed E-state index contributed by atoms with van der Waals surface area (Å²) in [6.07, 6.45) is 6.91. The van der Waals surface area contributed by atoms with Crippen molar-refractivity contribution in [3.8, 4) is 5.75 Å². The van der Waals surface area contributed by atoms with Crippen LogP contribution in [0, 0.1) is 12.8 Å². The highest BCUT2D eigenvalue weighted by Gasteiger charge is 2.47. The molecule has 0 bridgehead atoms. The third kappa shape index (κ3) is 2.28. The molecular formula is C28H26NO+. The molecule has 0 saturated carbocycles. The van der Waals surface area contributed by atoms with E-state index < -0.39 is 0 Å². The lowest BCUT2D eigenvalue weighted by atomic mass is 9.69. The van der Waals surface area contributed by atoms with Crippen molar-refractivity contribution >= 4 is 22.6 Å². The lowest BCUT2D eigenvalue weighted by molar-refractivity contribution is -0.427. The van der Waals surface area contributed by atoms with E-state index in [4.69, 9.17) is 4.74 Å². The Hall–Kier alpha value is -3.13. The maximum absolute atomic E-state index is 6.65. The summed E-state index contributed by atoms with van der Waals surface area (Å²) in [7, 11) is 2.17. The summed E-state index contributed by atoms with van der Waals surface area (Å²) in [5.41, 5.74) is 8.14. The zero-order chi connectivity index (χ0) is 20.6. The molecule has 2 unspecified atom stereocenters. The fourth-order valence-corrected chi connectivity index (χ4v) is 5.68. The summed E-state index contributed by atoms with van der Waals surface area (Å²) >= 11 is 0. The van der Waals surface area contributed by atoms with Gasteiger partial charge in [0.1, 0.15) is 24.5 Å². The Balaban J connectivity index is 1.67. The van der Waals surface area contributed by atoms with Gasteiger partial charge in [0, 0.05) is 5.92 Å². The van der Waals surface area contributed by atoms with Gasteiger partial charge in [-0.2, -0.15) is 0 Å². The fraction of sp³-hybridized carbons (Fsp3) is 0.250. The monoisotopic (exact) mass is 392 g/mol. The number of aryl methyl sites for hydroxylation is 1. The third-order valence-electron chi connectivity index (χ3n) is 7.04. The molecule has 3 aromatic carbocycles. The van der Waals surface area contributed by atoms with Gasteiger partial charge >= 0.3 is 0 Å². The summed E-state index contributed by atoms with van der Waals surface area (Å²) in [4.78, 5) is 0. The normalized spacial score (nSPS) is 21.2. The molecule has 0 saturated heterocycles. The average molecular weight is 393 g/mol. The first-order chi connectivity index (χ1) is 14.5. The SMILES string of the molecule is Cc1c2c(cc3ccccc13)OC1=Cc3cccc(C(C)C)c3C3C=C[N+](C)=C2C13. The van der Waals surface area contributed by atoms with Crippen molar-refractivity contribution in [1.82, 2.24) is 0 Å². The second kappa shape index (κ2) is 6.18. The summed E-state index contributed by atoms with van der Waals surface area (Å²) < 4.78 is 8.95. The summed E-state index contributed by atoms with van der Waals surface area (Å²) in [5, 5.41) is 2.54. The predicted molar refractivity (Wildman–Crippen MR) is 123 cm³/mol. The van der Waals surface area contributed by atoms with Crippen LogP contribution in [-0.2, 0) is 0 Å². The Labute approximate surface area is 177 Å². The molecule has 1 aliphatic carbocycles. The van der Waals surface area contributed by atoms with E-state index in [2.05, 4.69) is 99.3 Å². The third-order valence-corrected chi connectivity index (χ3v) is 7.04. The fourth-order valence-electron chi connectivity index (χ4n) is 5.68. The molecule has 3 aromatic rings. The number of benzene rings is 3. The topological polar surface area (TPSA) is 12.2 Å². The van der Waals surface area contributed by atoms with Gasteiger partial charge in [0.05, 0.1) is 5.56 Å². The van der Waals surface area contributed by atoms with E-state index in [1.807, 2.05) is 0 Å². The van der Waals surface area contributed by atoms with Crippen LogP contribution in [0.5, 0.6) is 5.75 Å². The molecule has 0 spiro atoms. The zero-order valence-electron chi connectivity index (χ0n) is 17.9. The van der Waals surface area contributed by atoms with Crippen LogP contribution < -0.4 is 4.74 Å². The van der Waals surface area contributed by atoms with E-state index in [0.717, 1.165) is 11.5 Å². The smallest absolute Gasteiger partial charge is 0.204 e. The number of hydrogen-bond donors (Lipinski definition) is 0. The maximum atomic E-state index is 6.65. The van der Waals surface area contributed by atoms with Crippen molar-refractivity contribution in [1.29, 1.82) is 0 Å². The molecule has 0 amide bonds. The Morgan fingerprint density at radius 3 is 2.70 bits per heavy atom. The molecule has 148 valence electrons. The minimum absolute atomic E-state index is 0.222. The van der Waals surface area contributed by atoms with Crippen LogP contribution in [0.15, 0.2) is 66.6 Å². The highest BCUT2D eigenvalue weighted by atomic mass is 16.5. The van der Waals surface area contributed by atoms with Crippen molar-refractivity contribution in [2.45, 2.75) is 32.6 Å². The average Bonchev–Trinajstić information content (AvgIpc) is 2.74. The number of hydrogen-bond acceptors (Lipinski definition) is 1. The standard InChI is InChI=1S/C28H26NO/c1-16(2)20-11-7-9-19-15-24-27-22(26(19)20)12-13-29(4)28(27)25-17(3)21-10-6-5-8-18(21)14-23(25)30-24/h5-16,22,27H,1-4H3/q+1. The van der Waals surface area contributed by atoms with Gasteiger partial charge in [-0.3, -0.25) is 0 Å². The van der Waals surface area contributed by atoms with E-state index in [9.17, 15) is 0 Å². The molecule has 2 nitrogen and oxygen atoms in total. The van der Waals surface area contributed by atoms with Crippen LogP contribution >= 0.6 is 0 Å². The van der Waals surface area contributed by atoms with Crippen LogP contribution in [0.1, 0.15) is 53.5 Å². The van der Waals surface area contributed by atoms with Crippen LogP contribution in [0.25, 0.3) is 16.8 Å². The zero-order valence-corrected chi connectivity index (χ0v) is 17.9. The Kier molecular flexibility index (Phi) is 3.65. The molecule has 2 atom stereocenters. The van der Waals surface area contributed by atoms with Crippen LogP contribution in [0.3, 0.4) is 0 Å². The molecule has 2 aliphatic heterocycles. The van der Waals surface area contributed by atoms with Crippen LogP contribution in [0.2, 0.25) is 0 Å². The molecular weight excluding hydrogens is 366 g/mol. The minimum atomic E-state index is 0.222. The molecule has 0 N–H and O–H groups in total. The van der Waals surface area contributed by atoms with E-state index in [-0.39, 0.29) is 5.92 Å². The van der Waals surface area contributed by atoms with Gasteiger partial charge in [-0.25, -0.2) is 4.58 Å². The first-order valence-corrected chi connectivity index (χ1v) is 10.9. The highest BCUT2D eigenvalue weighted by molar-refractivity contribution is 6.10. The van der Waals surface area contributed by atoms with Crippen LogP contribution in [0.4, 0.5) is 0 Å². The first-order valence-electron chi connectivity index (χ1n) is 10.9.